The molecule has 102 valence electrons. The Bertz CT molecular complexity index is 540. The van der Waals surface area contributed by atoms with Crippen molar-refractivity contribution in [3.05, 3.63) is 36.0 Å². The highest BCUT2D eigenvalue weighted by Gasteiger charge is 2.24. The number of hydrogen-bond acceptors (Lipinski definition) is 3. The lowest BCUT2D eigenvalue weighted by Gasteiger charge is -2.37. The molecule has 0 saturated carbocycles. The minimum atomic E-state index is 0.324. The lowest BCUT2D eigenvalue weighted by atomic mass is 10.0. The van der Waals surface area contributed by atoms with Crippen LogP contribution in [-0.2, 0) is 0 Å². The van der Waals surface area contributed by atoms with E-state index in [9.17, 15) is 0 Å². The molecular formula is C15H22N4. The minimum absolute atomic E-state index is 0.324. The zero-order valence-electron chi connectivity index (χ0n) is 11.5. The molecule has 0 spiro atoms. The maximum absolute atomic E-state index is 6.05. The van der Waals surface area contributed by atoms with Gasteiger partial charge in [-0.1, -0.05) is 18.2 Å². The van der Waals surface area contributed by atoms with Gasteiger partial charge in [-0.15, -0.1) is 0 Å². The number of H-pyrrole nitrogens is 1. The molecule has 3 N–H and O–H groups in total. The van der Waals surface area contributed by atoms with Crippen LogP contribution in [0.15, 0.2) is 30.5 Å². The van der Waals surface area contributed by atoms with Gasteiger partial charge in [0.1, 0.15) is 0 Å². The third kappa shape index (κ3) is 2.39. The van der Waals surface area contributed by atoms with Gasteiger partial charge in [-0.05, 0) is 18.7 Å². The van der Waals surface area contributed by atoms with Gasteiger partial charge in [0.2, 0.25) is 0 Å². The molecule has 1 fully saturated rings. The van der Waals surface area contributed by atoms with Gasteiger partial charge in [0, 0.05) is 55.9 Å². The Kier molecular flexibility index (Phi) is 3.55. The monoisotopic (exact) mass is 258 g/mol. The number of fused-ring (bicyclic) bond motifs is 1. The highest BCUT2D eigenvalue weighted by Crippen LogP contribution is 2.28. The van der Waals surface area contributed by atoms with E-state index in [1.54, 1.807) is 0 Å². The zero-order valence-corrected chi connectivity index (χ0v) is 11.5. The zero-order chi connectivity index (χ0) is 13.2. The molecule has 1 aliphatic heterocycles. The fourth-order valence-corrected chi connectivity index (χ4v) is 2.98. The van der Waals surface area contributed by atoms with Crippen molar-refractivity contribution in [1.82, 2.24) is 14.8 Å². The van der Waals surface area contributed by atoms with Crippen LogP contribution < -0.4 is 5.73 Å². The number of nitrogens with zero attached hydrogens (tertiary/aromatic N) is 2. The molecule has 3 rings (SSSR count). The minimum Gasteiger partial charge on any atom is -0.361 e. The Morgan fingerprint density at radius 2 is 1.95 bits per heavy atom. The fraction of sp³-hybridized carbons (Fsp3) is 0.467. The topological polar surface area (TPSA) is 48.3 Å². The van der Waals surface area contributed by atoms with Crippen molar-refractivity contribution in [2.75, 3.05) is 39.8 Å². The van der Waals surface area contributed by atoms with Crippen molar-refractivity contribution in [1.29, 1.82) is 0 Å². The molecule has 1 aliphatic rings. The van der Waals surface area contributed by atoms with Crippen LogP contribution in [0, 0.1) is 0 Å². The number of rotatable bonds is 3. The van der Waals surface area contributed by atoms with Crippen LogP contribution in [-0.4, -0.2) is 54.6 Å². The number of nitrogens with one attached hydrogen (secondary N) is 1. The smallest absolute Gasteiger partial charge is 0.0492 e. The molecule has 1 aromatic heterocycles. The Labute approximate surface area is 114 Å². The lowest BCUT2D eigenvalue weighted by Crippen LogP contribution is -2.47. The van der Waals surface area contributed by atoms with Gasteiger partial charge in [0.25, 0.3) is 0 Å². The second-order valence-corrected chi connectivity index (χ2v) is 5.38. The van der Waals surface area contributed by atoms with Crippen molar-refractivity contribution < 1.29 is 0 Å². The largest absolute Gasteiger partial charge is 0.361 e. The van der Waals surface area contributed by atoms with Crippen LogP contribution in [0.5, 0.6) is 0 Å². The Balaban J connectivity index is 1.89. The molecule has 4 heteroatoms. The summed E-state index contributed by atoms with van der Waals surface area (Å²) >= 11 is 0. The fourth-order valence-electron chi connectivity index (χ4n) is 2.98. The predicted molar refractivity (Wildman–Crippen MR) is 79.2 cm³/mol. The van der Waals surface area contributed by atoms with Gasteiger partial charge in [-0.3, -0.25) is 4.90 Å². The molecule has 1 aromatic carbocycles. The number of nitrogens with two attached hydrogens (primary N) is 1. The van der Waals surface area contributed by atoms with E-state index >= 15 is 0 Å². The third-order valence-corrected chi connectivity index (χ3v) is 4.18. The number of piperazine rings is 1. The average molecular weight is 258 g/mol. The molecule has 0 bridgehead atoms. The van der Waals surface area contributed by atoms with Crippen molar-refractivity contribution in [3.63, 3.8) is 0 Å². The summed E-state index contributed by atoms with van der Waals surface area (Å²) in [6.45, 7) is 5.11. The first-order chi connectivity index (χ1) is 9.29. The molecule has 0 amide bonds. The van der Waals surface area contributed by atoms with Gasteiger partial charge >= 0.3 is 0 Å². The van der Waals surface area contributed by atoms with Crippen LogP contribution in [0.3, 0.4) is 0 Å². The summed E-state index contributed by atoms with van der Waals surface area (Å²) in [7, 11) is 2.18. The average Bonchev–Trinajstić information content (AvgIpc) is 2.86. The summed E-state index contributed by atoms with van der Waals surface area (Å²) in [6, 6.07) is 8.79. The van der Waals surface area contributed by atoms with Gasteiger partial charge < -0.3 is 15.6 Å². The molecule has 2 aromatic rings. The lowest BCUT2D eigenvalue weighted by molar-refractivity contribution is 0.115. The Hall–Kier alpha value is -1.36. The van der Waals surface area contributed by atoms with Crippen LogP contribution in [0.1, 0.15) is 11.6 Å². The van der Waals surface area contributed by atoms with Crippen molar-refractivity contribution in [3.8, 4) is 0 Å². The van der Waals surface area contributed by atoms with E-state index in [1.807, 2.05) is 0 Å². The highest BCUT2D eigenvalue weighted by atomic mass is 15.3. The normalized spacial score (nSPS) is 19.9. The molecule has 2 heterocycles. The number of para-hydroxylation sites is 1. The first kappa shape index (κ1) is 12.7. The molecular weight excluding hydrogens is 236 g/mol. The third-order valence-electron chi connectivity index (χ3n) is 4.18. The summed E-state index contributed by atoms with van der Waals surface area (Å²) in [5.41, 5.74) is 8.59. The summed E-state index contributed by atoms with van der Waals surface area (Å²) in [5.74, 6) is 0. The number of aromatic amines is 1. The highest BCUT2D eigenvalue weighted by molar-refractivity contribution is 5.83. The number of benzene rings is 1. The quantitative estimate of drug-likeness (QED) is 0.875. The van der Waals surface area contributed by atoms with Crippen LogP contribution >= 0.6 is 0 Å². The van der Waals surface area contributed by atoms with E-state index in [4.69, 9.17) is 5.73 Å². The van der Waals surface area contributed by atoms with Crippen LogP contribution in [0.25, 0.3) is 10.9 Å². The Morgan fingerprint density at radius 3 is 2.68 bits per heavy atom. The molecule has 4 nitrogen and oxygen atoms in total. The van der Waals surface area contributed by atoms with E-state index < -0.39 is 0 Å². The van der Waals surface area contributed by atoms with Gasteiger partial charge in [0.15, 0.2) is 0 Å². The van der Waals surface area contributed by atoms with Gasteiger partial charge in [-0.2, -0.15) is 0 Å². The van der Waals surface area contributed by atoms with Crippen molar-refractivity contribution >= 4 is 10.9 Å². The summed E-state index contributed by atoms with van der Waals surface area (Å²) in [6.07, 6.45) is 2.13. The second kappa shape index (κ2) is 5.33. The first-order valence-electron chi connectivity index (χ1n) is 6.98. The van der Waals surface area contributed by atoms with E-state index in [-0.39, 0.29) is 0 Å². The first-order valence-corrected chi connectivity index (χ1v) is 6.98. The molecule has 1 unspecified atom stereocenters. The van der Waals surface area contributed by atoms with Crippen molar-refractivity contribution in [2.24, 2.45) is 5.73 Å². The number of aromatic nitrogens is 1. The van der Waals surface area contributed by atoms with E-state index in [1.165, 1.54) is 16.5 Å². The molecule has 19 heavy (non-hydrogen) atoms. The van der Waals surface area contributed by atoms with E-state index in [2.05, 4.69) is 52.3 Å². The van der Waals surface area contributed by atoms with Gasteiger partial charge in [0.05, 0.1) is 0 Å². The molecule has 0 aliphatic carbocycles. The maximum atomic E-state index is 6.05. The maximum Gasteiger partial charge on any atom is 0.0492 e. The molecule has 0 radical (unpaired) electrons. The van der Waals surface area contributed by atoms with Crippen LogP contribution in [0.2, 0.25) is 0 Å². The molecule has 1 saturated heterocycles. The van der Waals surface area contributed by atoms with Crippen molar-refractivity contribution in [2.45, 2.75) is 6.04 Å². The SMILES string of the molecule is CN1CCN(C(CN)c2c[nH]c3ccccc23)CC1. The van der Waals surface area contributed by atoms with E-state index in [0.29, 0.717) is 12.6 Å². The standard InChI is InChI=1S/C15H22N4/c1-18-6-8-19(9-7-18)15(10-16)13-11-17-14-5-3-2-4-12(13)14/h2-5,11,15,17H,6-10,16H2,1H3. The second-order valence-electron chi connectivity index (χ2n) is 5.38. The Morgan fingerprint density at radius 1 is 1.21 bits per heavy atom. The predicted octanol–water partition coefficient (Wildman–Crippen LogP) is 1.42. The van der Waals surface area contributed by atoms with E-state index in [0.717, 1.165) is 26.2 Å². The number of hydrogen-bond donors (Lipinski definition) is 2. The summed E-state index contributed by atoms with van der Waals surface area (Å²) in [5, 5.41) is 1.30. The van der Waals surface area contributed by atoms with Gasteiger partial charge in [-0.25, -0.2) is 0 Å². The van der Waals surface area contributed by atoms with Crippen LogP contribution in [0.4, 0.5) is 0 Å². The molecule has 1 atom stereocenters. The number of likely N-dealkylation sites (N-methyl/N-ethyl adjacent to an activating group) is 1. The summed E-state index contributed by atoms with van der Waals surface area (Å²) in [4.78, 5) is 8.24. The summed E-state index contributed by atoms with van der Waals surface area (Å²) < 4.78 is 0.